The monoisotopic (exact) mass is 888 g/mol. The van der Waals surface area contributed by atoms with Gasteiger partial charge in [-0.3, -0.25) is 0 Å². The van der Waals surface area contributed by atoms with Gasteiger partial charge in [0.2, 0.25) is 0 Å². The maximum absolute atomic E-state index is 11.2. The summed E-state index contributed by atoms with van der Waals surface area (Å²) in [7, 11) is -1.49. The van der Waals surface area contributed by atoms with Gasteiger partial charge in [0.05, 0.1) is 25.9 Å². The van der Waals surface area contributed by atoms with Crippen molar-refractivity contribution in [1.82, 2.24) is 0 Å². The molecule has 0 saturated carbocycles. The molecule has 0 aliphatic heterocycles. The van der Waals surface area contributed by atoms with Crippen molar-refractivity contribution in [3.8, 4) is 0 Å². The van der Waals surface area contributed by atoms with Gasteiger partial charge in [-0.25, -0.2) is 14.4 Å². The Labute approximate surface area is 348 Å². The molecule has 336 valence electrons. The third-order valence-corrected chi connectivity index (χ3v) is 18.1. The van der Waals surface area contributed by atoms with Crippen molar-refractivity contribution >= 4 is 52.6 Å². The molecule has 0 radical (unpaired) electrons. The van der Waals surface area contributed by atoms with Gasteiger partial charge in [-0.2, -0.15) is 0 Å². The van der Waals surface area contributed by atoms with E-state index < -0.39 is 34.7 Å². The molecular formula is C37H76O16Si4. The van der Waals surface area contributed by atoms with E-state index in [1.54, 1.807) is 80.2 Å². The third kappa shape index (κ3) is 33.4. The maximum Gasteiger partial charge on any atom is 0.528 e. The van der Waals surface area contributed by atoms with E-state index in [4.69, 9.17) is 58.5 Å². The molecule has 0 saturated heterocycles. The third-order valence-electron chi connectivity index (χ3n) is 7.12. The molecule has 0 aromatic heterocycles. The molecule has 0 unspecified atom stereocenters. The number of hydrogen-bond acceptors (Lipinski definition) is 16. The van der Waals surface area contributed by atoms with Crippen LogP contribution in [0.25, 0.3) is 0 Å². The van der Waals surface area contributed by atoms with Crippen LogP contribution < -0.4 is 0 Å². The molecule has 0 aliphatic rings. The average molecular weight is 889 g/mol. The van der Waals surface area contributed by atoms with Crippen molar-refractivity contribution in [1.29, 1.82) is 0 Å². The van der Waals surface area contributed by atoms with Crippen LogP contribution in [0.3, 0.4) is 0 Å². The predicted molar refractivity (Wildman–Crippen MR) is 230 cm³/mol. The molecule has 16 nitrogen and oxygen atoms in total. The molecule has 57 heavy (non-hydrogen) atoms. The van der Waals surface area contributed by atoms with Gasteiger partial charge >= 0.3 is 52.6 Å². The Morgan fingerprint density at radius 3 is 1.00 bits per heavy atom. The van der Waals surface area contributed by atoms with Crippen molar-refractivity contribution < 1.29 is 72.9 Å². The normalized spacial score (nSPS) is 11.9. The van der Waals surface area contributed by atoms with Crippen LogP contribution >= 0.6 is 0 Å². The molecule has 0 bridgehead atoms. The van der Waals surface area contributed by atoms with Crippen molar-refractivity contribution in [3.63, 3.8) is 0 Å². The van der Waals surface area contributed by atoms with Crippen molar-refractivity contribution in [2.45, 2.75) is 86.6 Å². The van der Waals surface area contributed by atoms with Gasteiger partial charge < -0.3 is 58.5 Å². The van der Waals surface area contributed by atoms with E-state index in [9.17, 15) is 14.4 Å². The summed E-state index contributed by atoms with van der Waals surface area (Å²) in [4.78, 5) is 33.2. The molecule has 0 aromatic carbocycles. The highest BCUT2D eigenvalue weighted by Gasteiger charge is 2.40. The minimum Gasteiger partial charge on any atom is -0.463 e. The first kappa shape index (κ1) is 61.5. The van der Waals surface area contributed by atoms with Gasteiger partial charge in [0, 0.05) is 98.9 Å². The van der Waals surface area contributed by atoms with Crippen molar-refractivity contribution in [2.75, 3.05) is 88.4 Å². The summed E-state index contributed by atoms with van der Waals surface area (Å²) in [5.74, 6) is -0.993. The topological polar surface area (TPSA) is 171 Å². The van der Waals surface area contributed by atoms with Crippen LogP contribution in [0.5, 0.6) is 0 Å². The summed E-state index contributed by atoms with van der Waals surface area (Å²) < 4.78 is 68.5. The Bertz CT molecular complexity index is 1070. The van der Waals surface area contributed by atoms with Gasteiger partial charge in [0.15, 0.2) is 0 Å². The van der Waals surface area contributed by atoms with E-state index in [0.717, 1.165) is 0 Å². The number of hydrogen-bond donors (Lipinski definition) is 0. The summed E-state index contributed by atoms with van der Waals surface area (Å²) in [5.41, 5.74) is 1.58. The van der Waals surface area contributed by atoms with Gasteiger partial charge in [-0.05, 0) is 74.2 Å². The van der Waals surface area contributed by atoms with Crippen molar-refractivity contribution in [3.05, 3.63) is 48.7 Å². The zero-order chi connectivity index (χ0) is 44.7. The minimum atomic E-state index is -2.69. The Balaban J connectivity index is -0.000000337. The summed E-state index contributed by atoms with van der Waals surface area (Å²) in [6.45, 7) is 26.1. The molecule has 0 rings (SSSR count). The minimum absolute atomic E-state index is 0.245. The number of esters is 3. The summed E-state index contributed by atoms with van der Waals surface area (Å²) in [6.07, 6.45) is 9.11. The first-order valence-electron chi connectivity index (χ1n) is 19.0. The lowest BCUT2D eigenvalue weighted by molar-refractivity contribution is -0.138. The van der Waals surface area contributed by atoms with E-state index >= 15 is 0 Å². The lowest BCUT2D eigenvalue weighted by Gasteiger charge is -2.28. The van der Waals surface area contributed by atoms with Crippen LogP contribution in [-0.4, -0.2) is 141 Å². The molecule has 0 aromatic rings. The SMILES string of the molecule is C=C[Si](OC)(OC)OC.CC=CC(=O)OCC[Si](C)(OC)OC.CC=CC(=O)OCC[Si](C)(OCC)OCC.CC=CC(=O)OCC[Si](OCC)(OCC)OCC. The Morgan fingerprint density at radius 1 is 0.474 bits per heavy atom. The Kier molecular flexibility index (Phi) is 42.4. The molecule has 0 aliphatic carbocycles. The second kappa shape index (κ2) is 39.3. The first-order valence-corrected chi connectivity index (χ1v) is 27.8. The van der Waals surface area contributed by atoms with Crippen molar-refractivity contribution in [2.24, 2.45) is 0 Å². The standard InChI is InChI=1S/C12H24O5Si.C11H22O4Si.C9H18O4Si.C5H12O3Si/c1-5-9-12(13)14-10-11-18(15-6-2,16-7-3)17-8-4;1-5-8-11(12)13-9-10-16(4,14-6-2)15-7-3;1-5-6-9(10)13-7-8-14(4,11-2)12-3;1-5-9(6-2,7-3)8-4/h5,9H,6-8,10-11H2,1-4H3;5,8H,6-7,9-10H2,1-4H3;5-6H,7-8H2,1-4H3;5H,1H2,2-4H3. The lowest BCUT2D eigenvalue weighted by atomic mass is 10.5. The van der Waals surface area contributed by atoms with Crippen LogP contribution in [0.1, 0.15) is 55.4 Å². The quantitative estimate of drug-likeness (QED) is 0.0362. The number of carbonyl (C=O) groups is 3. The summed E-state index contributed by atoms with van der Waals surface area (Å²) in [6, 6.07) is 1.78. The second-order valence-electron chi connectivity index (χ2n) is 11.2. The van der Waals surface area contributed by atoms with Crippen LogP contribution in [0.15, 0.2) is 48.7 Å². The zero-order valence-corrected chi connectivity index (χ0v) is 41.6. The second-order valence-corrected chi connectivity index (χ2v) is 23.7. The number of rotatable bonds is 28. The molecule has 0 atom stereocenters. The fraction of sp³-hybridized carbons (Fsp3) is 0.703. The maximum atomic E-state index is 11.2. The van der Waals surface area contributed by atoms with Gasteiger partial charge in [-0.1, -0.05) is 24.8 Å². The molecule has 20 heteroatoms. The van der Waals surface area contributed by atoms with E-state index in [2.05, 4.69) is 6.58 Å². The smallest absolute Gasteiger partial charge is 0.463 e. The summed E-state index contributed by atoms with van der Waals surface area (Å²) >= 11 is 0. The molecule has 0 heterocycles. The van der Waals surface area contributed by atoms with E-state index in [1.807, 2.05) is 47.7 Å². The van der Waals surface area contributed by atoms with Crippen LogP contribution in [-0.2, 0) is 72.9 Å². The number of carbonyl (C=O) groups excluding carboxylic acids is 3. The highest BCUT2D eigenvalue weighted by atomic mass is 28.4. The van der Waals surface area contributed by atoms with Crippen LogP contribution in [0.4, 0.5) is 0 Å². The molecular weight excluding hydrogens is 813 g/mol. The van der Waals surface area contributed by atoms with Crippen LogP contribution in [0, 0.1) is 0 Å². The average Bonchev–Trinajstić information content (AvgIpc) is 3.17. The highest BCUT2D eigenvalue weighted by molar-refractivity contribution is 6.66. The van der Waals surface area contributed by atoms with E-state index in [0.29, 0.717) is 64.4 Å². The Morgan fingerprint density at radius 2 is 0.772 bits per heavy atom. The molecule has 0 N–H and O–H groups in total. The first-order chi connectivity index (χ1) is 27.0. The van der Waals surface area contributed by atoms with Gasteiger partial charge in [-0.15, -0.1) is 0 Å². The van der Waals surface area contributed by atoms with Gasteiger partial charge in [0.25, 0.3) is 0 Å². The fourth-order valence-corrected chi connectivity index (χ4v) is 10.6. The van der Waals surface area contributed by atoms with Gasteiger partial charge in [0.1, 0.15) is 0 Å². The molecule has 0 amide bonds. The lowest BCUT2D eigenvalue weighted by Crippen LogP contribution is -2.47. The highest BCUT2D eigenvalue weighted by Crippen LogP contribution is 2.16. The summed E-state index contributed by atoms with van der Waals surface area (Å²) in [5, 5.41) is 0. The van der Waals surface area contributed by atoms with E-state index in [-0.39, 0.29) is 24.5 Å². The zero-order valence-electron chi connectivity index (χ0n) is 37.6. The molecule has 0 fully saturated rings. The molecule has 0 spiro atoms. The van der Waals surface area contributed by atoms with Crippen LogP contribution in [0.2, 0.25) is 31.2 Å². The fourth-order valence-electron chi connectivity index (χ4n) is 4.09. The predicted octanol–water partition coefficient (Wildman–Crippen LogP) is 6.47. The van der Waals surface area contributed by atoms with E-state index in [1.165, 1.54) is 18.2 Å². The Hall–Kier alpha value is -2.16. The number of allylic oxidation sites excluding steroid dienone is 3. The largest absolute Gasteiger partial charge is 0.528 e. The number of ether oxygens (including phenoxy) is 3.